The Balaban J connectivity index is 1.60. The quantitative estimate of drug-likeness (QED) is 0.832. The highest BCUT2D eigenvalue weighted by molar-refractivity contribution is 5.95. The average molecular weight is 285 g/mol. The number of nitrogen functional groups attached to an aromatic ring is 1. The predicted molar refractivity (Wildman–Crippen MR) is 81.7 cm³/mol. The molecule has 0 atom stereocenters. The van der Waals surface area contributed by atoms with E-state index >= 15 is 0 Å². The fraction of sp³-hybridized carbons (Fsp3) is 0.333. The number of nitrogens with zero attached hydrogens (tertiary/aromatic N) is 3. The van der Waals surface area contributed by atoms with Crippen LogP contribution >= 0.6 is 0 Å². The molecule has 2 aromatic rings. The third-order valence-corrected chi connectivity index (χ3v) is 3.67. The van der Waals surface area contributed by atoms with E-state index in [1.165, 1.54) is 0 Å². The molecule has 0 saturated carbocycles. The van der Waals surface area contributed by atoms with Gasteiger partial charge in [0.2, 0.25) is 5.91 Å². The largest absolute Gasteiger partial charge is 0.397 e. The van der Waals surface area contributed by atoms with Crippen LogP contribution in [0.4, 0.5) is 11.4 Å². The highest BCUT2D eigenvalue weighted by Crippen LogP contribution is 2.19. The Kier molecular flexibility index (Phi) is 3.62. The van der Waals surface area contributed by atoms with Crippen molar-refractivity contribution >= 4 is 17.3 Å². The fourth-order valence-electron chi connectivity index (χ4n) is 2.55. The van der Waals surface area contributed by atoms with Gasteiger partial charge in [0.1, 0.15) is 5.82 Å². The molecule has 0 radical (unpaired) electrons. The number of nitrogens with one attached hydrogen (secondary N) is 1. The molecule has 1 aromatic heterocycles. The minimum atomic E-state index is -0.0504. The van der Waals surface area contributed by atoms with Crippen molar-refractivity contribution < 1.29 is 4.79 Å². The van der Waals surface area contributed by atoms with E-state index < -0.39 is 0 Å². The molecule has 21 heavy (non-hydrogen) atoms. The van der Waals surface area contributed by atoms with Crippen LogP contribution in [0.15, 0.2) is 30.6 Å². The summed E-state index contributed by atoms with van der Waals surface area (Å²) in [5.74, 6) is 0.953. The summed E-state index contributed by atoms with van der Waals surface area (Å²) in [6, 6.07) is 5.63. The lowest BCUT2D eigenvalue weighted by Gasteiger charge is -2.26. The van der Waals surface area contributed by atoms with Crippen molar-refractivity contribution in [1.29, 1.82) is 0 Å². The van der Waals surface area contributed by atoms with Gasteiger partial charge in [0, 0.05) is 25.5 Å². The Bertz CT molecular complexity index is 664. The fourth-order valence-corrected chi connectivity index (χ4v) is 2.55. The lowest BCUT2D eigenvalue weighted by Crippen LogP contribution is -2.39. The number of imidazole rings is 1. The van der Waals surface area contributed by atoms with Crippen molar-refractivity contribution in [2.45, 2.75) is 20.0 Å². The van der Waals surface area contributed by atoms with Crippen LogP contribution in [0.1, 0.15) is 11.4 Å². The van der Waals surface area contributed by atoms with Crippen molar-refractivity contribution in [2.24, 2.45) is 0 Å². The average Bonchev–Trinajstić information content (AvgIpc) is 2.89. The number of nitrogens with two attached hydrogens (primary N) is 1. The summed E-state index contributed by atoms with van der Waals surface area (Å²) in [6.45, 7) is 4.73. The summed E-state index contributed by atoms with van der Waals surface area (Å²) in [5, 5.41) is 2.87. The number of hydrogen-bond donors (Lipinski definition) is 2. The number of rotatable bonds is 3. The van der Waals surface area contributed by atoms with E-state index in [0.29, 0.717) is 24.5 Å². The molecular formula is C15H19N5O. The molecular weight excluding hydrogens is 266 g/mol. The predicted octanol–water partition coefficient (Wildman–Crippen LogP) is 1.23. The first-order valence-corrected chi connectivity index (χ1v) is 7.00. The molecule has 2 heterocycles. The molecule has 1 aliphatic heterocycles. The molecule has 6 nitrogen and oxygen atoms in total. The van der Waals surface area contributed by atoms with Gasteiger partial charge >= 0.3 is 0 Å². The van der Waals surface area contributed by atoms with Crippen LogP contribution in [-0.4, -0.2) is 33.4 Å². The highest BCUT2D eigenvalue weighted by Gasteiger charge is 2.19. The van der Waals surface area contributed by atoms with E-state index in [-0.39, 0.29) is 5.91 Å². The van der Waals surface area contributed by atoms with Crippen molar-refractivity contribution in [3.05, 3.63) is 42.0 Å². The van der Waals surface area contributed by atoms with Gasteiger partial charge < -0.3 is 15.6 Å². The highest BCUT2D eigenvalue weighted by atomic mass is 16.2. The number of aromatic nitrogens is 2. The lowest BCUT2D eigenvalue weighted by atomic mass is 10.2. The molecule has 1 aromatic carbocycles. The smallest absolute Gasteiger partial charge is 0.238 e. The van der Waals surface area contributed by atoms with Crippen LogP contribution in [0.2, 0.25) is 0 Å². The number of carbonyl (C=O) groups excluding carboxylic acids is 1. The van der Waals surface area contributed by atoms with Gasteiger partial charge in [-0.1, -0.05) is 6.07 Å². The van der Waals surface area contributed by atoms with Crippen LogP contribution in [0.5, 0.6) is 0 Å². The van der Waals surface area contributed by atoms with Gasteiger partial charge in [-0.2, -0.15) is 0 Å². The topological polar surface area (TPSA) is 76.2 Å². The number of fused-ring (bicyclic) bond motifs is 1. The van der Waals surface area contributed by atoms with Crippen LogP contribution in [0, 0.1) is 6.92 Å². The third-order valence-electron chi connectivity index (χ3n) is 3.67. The molecule has 1 aliphatic rings. The Labute approximate surface area is 123 Å². The standard InChI is InChI=1S/C15H19N5O/c1-11-2-3-13(12(16)8-11)18-15(21)10-19-6-7-20-5-4-17-14(20)9-19/h2-5,8H,6-7,9-10,16H2,1H3,(H,18,21). The number of carbonyl (C=O) groups is 1. The first-order chi connectivity index (χ1) is 10.1. The second-order valence-electron chi connectivity index (χ2n) is 5.39. The summed E-state index contributed by atoms with van der Waals surface area (Å²) in [6.07, 6.45) is 3.77. The number of amides is 1. The number of anilines is 2. The van der Waals surface area contributed by atoms with Gasteiger partial charge in [0.15, 0.2) is 0 Å². The summed E-state index contributed by atoms with van der Waals surface area (Å²) in [4.78, 5) is 18.5. The second-order valence-corrected chi connectivity index (χ2v) is 5.39. The Morgan fingerprint density at radius 1 is 1.43 bits per heavy atom. The van der Waals surface area contributed by atoms with Gasteiger partial charge in [-0.3, -0.25) is 9.69 Å². The van der Waals surface area contributed by atoms with Gasteiger partial charge in [0.25, 0.3) is 0 Å². The van der Waals surface area contributed by atoms with Gasteiger partial charge in [-0.05, 0) is 24.6 Å². The maximum atomic E-state index is 12.1. The normalized spacial score (nSPS) is 14.7. The lowest BCUT2D eigenvalue weighted by molar-refractivity contribution is -0.117. The summed E-state index contributed by atoms with van der Waals surface area (Å²) in [5.41, 5.74) is 8.25. The SMILES string of the molecule is Cc1ccc(NC(=O)CN2CCn3ccnc3C2)c(N)c1. The maximum Gasteiger partial charge on any atom is 0.238 e. The Morgan fingerprint density at radius 3 is 3.10 bits per heavy atom. The summed E-state index contributed by atoms with van der Waals surface area (Å²) in [7, 11) is 0. The molecule has 0 bridgehead atoms. The number of aryl methyl sites for hydroxylation is 1. The first-order valence-electron chi connectivity index (χ1n) is 7.00. The molecule has 110 valence electrons. The summed E-state index contributed by atoms with van der Waals surface area (Å²) < 4.78 is 2.12. The zero-order valence-corrected chi connectivity index (χ0v) is 12.0. The van der Waals surface area contributed by atoms with Crippen LogP contribution in [-0.2, 0) is 17.9 Å². The zero-order valence-electron chi connectivity index (χ0n) is 12.0. The monoisotopic (exact) mass is 285 g/mol. The van der Waals surface area contributed by atoms with Gasteiger partial charge in [0.05, 0.1) is 24.5 Å². The molecule has 3 rings (SSSR count). The minimum Gasteiger partial charge on any atom is -0.397 e. The van der Waals surface area contributed by atoms with E-state index in [1.54, 1.807) is 6.20 Å². The molecule has 0 aliphatic carbocycles. The number of benzene rings is 1. The van der Waals surface area contributed by atoms with Crippen molar-refractivity contribution in [3.63, 3.8) is 0 Å². The van der Waals surface area contributed by atoms with Crippen LogP contribution < -0.4 is 11.1 Å². The molecule has 1 amide bonds. The van der Waals surface area contributed by atoms with E-state index in [4.69, 9.17) is 5.73 Å². The zero-order chi connectivity index (χ0) is 14.8. The molecule has 3 N–H and O–H groups in total. The van der Waals surface area contributed by atoms with Gasteiger partial charge in [-0.25, -0.2) is 4.98 Å². The molecule has 0 fully saturated rings. The maximum absolute atomic E-state index is 12.1. The van der Waals surface area contributed by atoms with E-state index in [0.717, 1.165) is 24.5 Å². The third kappa shape index (κ3) is 3.05. The second kappa shape index (κ2) is 5.57. The Hall–Kier alpha value is -2.34. The van der Waals surface area contributed by atoms with Crippen LogP contribution in [0.3, 0.4) is 0 Å². The molecule has 0 spiro atoms. The first kappa shape index (κ1) is 13.6. The minimum absolute atomic E-state index is 0.0504. The van der Waals surface area contributed by atoms with Gasteiger partial charge in [-0.15, -0.1) is 0 Å². The van der Waals surface area contributed by atoms with Crippen molar-refractivity contribution in [3.8, 4) is 0 Å². The molecule has 0 unspecified atom stereocenters. The van der Waals surface area contributed by atoms with E-state index in [2.05, 4.69) is 19.8 Å². The van der Waals surface area contributed by atoms with E-state index in [1.807, 2.05) is 31.3 Å². The summed E-state index contributed by atoms with van der Waals surface area (Å²) >= 11 is 0. The molecule has 0 saturated heterocycles. The van der Waals surface area contributed by atoms with Crippen LogP contribution in [0.25, 0.3) is 0 Å². The van der Waals surface area contributed by atoms with Crippen molar-refractivity contribution in [2.75, 3.05) is 24.1 Å². The van der Waals surface area contributed by atoms with E-state index in [9.17, 15) is 4.79 Å². The molecule has 6 heteroatoms. The van der Waals surface area contributed by atoms with Crippen molar-refractivity contribution in [1.82, 2.24) is 14.5 Å². The number of hydrogen-bond acceptors (Lipinski definition) is 4. The Morgan fingerprint density at radius 2 is 2.29 bits per heavy atom.